The molecular weight excluding hydrogens is 174 g/mol. The largest absolute Gasteiger partial charge is 0.381 e. The lowest BCUT2D eigenvalue weighted by atomic mass is 9.86. The summed E-state index contributed by atoms with van der Waals surface area (Å²) in [5, 5.41) is 0. The van der Waals surface area contributed by atoms with Crippen molar-refractivity contribution in [2.24, 2.45) is 11.7 Å². The maximum atomic E-state index is 5.87. The first-order chi connectivity index (χ1) is 6.84. The molecule has 2 nitrogen and oxygen atoms in total. The molecule has 0 aromatic heterocycles. The third kappa shape index (κ3) is 2.82. The summed E-state index contributed by atoms with van der Waals surface area (Å²) in [6.45, 7) is 1.94. The molecule has 1 aliphatic heterocycles. The predicted octanol–water partition coefficient (Wildman–Crippen LogP) is 2.24. The minimum Gasteiger partial charge on any atom is -0.381 e. The Morgan fingerprint density at radius 1 is 1.29 bits per heavy atom. The molecule has 14 heavy (non-hydrogen) atoms. The Balaban J connectivity index is 1.78. The molecule has 2 N–H and O–H groups in total. The second-order valence-corrected chi connectivity index (χ2v) is 4.66. The van der Waals surface area contributed by atoms with Crippen LogP contribution in [0.1, 0.15) is 38.5 Å². The number of ether oxygens (including phenoxy) is 1. The van der Waals surface area contributed by atoms with Crippen molar-refractivity contribution in [2.75, 3.05) is 13.2 Å². The van der Waals surface area contributed by atoms with Crippen LogP contribution in [0.25, 0.3) is 0 Å². The van der Waals surface area contributed by atoms with Gasteiger partial charge in [0, 0.05) is 19.3 Å². The summed E-state index contributed by atoms with van der Waals surface area (Å²) in [5.41, 5.74) is 7.52. The van der Waals surface area contributed by atoms with Gasteiger partial charge in [0.1, 0.15) is 0 Å². The topological polar surface area (TPSA) is 35.2 Å². The van der Waals surface area contributed by atoms with E-state index in [9.17, 15) is 0 Å². The van der Waals surface area contributed by atoms with Crippen LogP contribution in [0.4, 0.5) is 0 Å². The smallest absolute Gasteiger partial charge is 0.0468 e. The molecule has 80 valence electrons. The summed E-state index contributed by atoms with van der Waals surface area (Å²) in [4.78, 5) is 0. The Morgan fingerprint density at radius 2 is 2.07 bits per heavy atom. The Hall–Kier alpha value is -0.340. The van der Waals surface area contributed by atoms with Crippen molar-refractivity contribution in [3.63, 3.8) is 0 Å². The standard InChI is InChI=1S/C12H21NO/c13-12-3-1-10(2-4-12)9-11-5-7-14-8-6-11/h1,11-12H,2-9,13H2. The van der Waals surface area contributed by atoms with Gasteiger partial charge in [-0.05, 0) is 44.4 Å². The van der Waals surface area contributed by atoms with E-state index < -0.39 is 0 Å². The van der Waals surface area contributed by atoms with Gasteiger partial charge in [-0.25, -0.2) is 0 Å². The molecule has 1 heterocycles. The molecular formula is C12H21NO. The molecule has 1 aliphatic carbocycles. The normalized spacial score (nSPS) is 30.1. The average Bonchev–Trinajstić information content (AvgIpc) is 2.23. The van der Waals surface area contributed by atoms with E-state index >= 15 is 0 Å². The van der Waals surface area contributed by atoms with Gasteiger partial charge in [-0.1, -0.05) is 11.6 Å². The molecule has 0 aromatic rings. The first-order valence-electron chi connectivity index (χ1n) is 5.86. The van der Waals surface area contributed by atoms with Crippen LogP contribution in [-0.2, 0) is 4.74 Å². The molecule has 2 rings (SSSR count). The molecule has 1 saturated heterocycles. The van der Waals surface area contributed by atoms with Crippen LogP contribution in [0.3, 0.4) is 0 Å². The summed E-state index contributed by atoms with van der Waals surface area (Å²) in [5.74, 6) is 0.879. The molecule has 2 heteroatoms. The highest BCUT2D eigenvalue weighted by atomic mass is 16.5. The zero-order chi connectivity index (χ0) is 9.80. The van der Waals surface area contributed by atoms with Crippen molar-refractivity contribution >= 4 is 0 Å². The fourth-order valence-electron chi connectivity index (χ4n) is 2.42. The monoisotopic (exact) mass is 195 g/mol. The first-order valence-corrected chi connectivity index (χ1v) is 5.86. The maximum Gasteiger partial charge on any atom is 0.0468 e. The zero-order valence-electron chi connectivity index (χ0n) is 8.87. The molecule has 0 radical (unpaired) electrons. The third-order valence-corrected chi connectivity index (χ3v) is 3.44. The number of nitrogens with two attached hydrogens (primary N) is 1. The van der Waals surface area contributed by atoms with E-state index in [1.807, 2.05) is 0 Å². The van der Waals surface area contributed by atoms with Crippen molar-refractivity contribution in [1.82, 2.24) is 0 Å². The molecule has 1 fully saturated rings. The maximum absolute atomic E-state index is 5.87. The fraction of sp³-hybridized carbons (Fsp3) is 0.833. The Kier molecular flexibility index (Phi) is 3.60. The third-order valence-electron chi connectivity index (χ3n) is 3.44. The van der Waals surface area contributed by atoms with E-state index in [0.29, 0.717) is 6.04 Å². The molecule has 0 spiro atoms. The summed E-state index contributed by atoms with van der Waals surface area (Å²) < 4.78 is 5.37. The van der Waals surface area contributed by atoms with Gasteiger partial charge in [0.2, 0.25) is 0 Å². The lowest BCUT2D eigenvalue weighted by Gasteiger charge is -2.25. The molecule has 2 aliphatic rings. The highest BCUT2D eigenvalue weighted by Crippen LogP contribution is 2.28. The number of hydrogen-bond donors (Lipinski definition) is 1. The lowest BCUT2D eigenvalue weighted by molar-refractivity contribution is 0.0662. The number of allylic oxidation sites excluding steroid dienone is 1. The Labute approximate surface area is 86.5 Å². The fourth-order valence-corrected chi connectivity index (χ4v) is 2.42. The van der Waals surface area contributed by atoms with Gasteiger partial charge in [-0.15, -0.1) is 0 Å². The van der Waals surface area contributed by atoms with Gasteiger partial charge in [-0.3, -0.25) is 0 Å². The number of hydrogen-bond acceptors (Lipinski definition) is 2. The van der Waals surface area contributed by atoms with Crippen molar-refractivity contribution in [3.8, 4) is 0 Å². The quantitative estimate of drug-likeness (QED) is 0.686. The van der Waals surface area contributed by atoms with Crippen LogP contribution in [0.5, 0.6) is 0 Å². The molecule has 1 atom stereocenters. The van der Waals surface area contributed by atoms with Crippen molar-refractivity contribution in [2.45, 2.75) is 44.6 Å². The molecule has 0 saturated carbocycles. The van der Waals surface area contributed by atoms with E-state index in [2.05, 4.69) is 6.08 Å². The summed E-state index contributed by atoms with van der Waals surface area (Å²) in [6.07, 6.45) is 9.71. The Morgan fingerprint density at radius 3 is 2.71 bits per heavy atom. The van der Waals surface area contributed by atoms with Crippen LogP contribution in [0, 0.1) is 5.92 Å². The average molecular weight is 195 g/mol. The predicted molar refractivity (Wildman–Crippen MR) is 58.1 cm³/mol. The summed E-state index contributed by atoms with van der Waals surface area (Å²) in [6, 6.07) is 0.424. The second-order valence-electron chi connectivity index (χ2n) is 4.66. The van der Waals surface area contributed by atoms with E-state index in [4.69, 9.17) is 10.5 Å². The number of rotatable bonds is 2. The molecule has 1 unspecified atom stereocenters. The Bertz CT molecular complexity index is 206. The van der Waals surface area contributed by atoms with E-state index in [1.165, 1.54) is 32.1 Å². The SMILES string of the molecule is NC1CC=C(CC2CCOCC2)CC1. The minimum atomic E-state index is 0.424. The van der Waals surface area contributed by atoms with Crippen molar-refractivity contribution in [3.05, 3.63) is 11.6 Å². The molecule has 0 bridgehead atoms. The minimum absolute atomic E-state index is 0.424. The van der Waals surface area contributed by atoms with Crippen LogP contribution < -0.4 is 5.73 Å². The van der Waals surface area contributed by atoms with E-state index in [1.54, 1.807) is 5.57 Å². The zero-order valence-corrected chi connectivity index (χ0v) is 8.87. The van der Waals surface area contributed by atoms with Crippen molar-refractivity contribution in [1.29, 1.82) is 0 Å². The first kappa shape index (κ1) is 10.2. The van der Waals surface area contributed by atoms with Gasteiger partial charge in [0.25, 0.3) is 0 Å². The van der Waals surface area contributed by atoms with Gasteiger partial charge >= 0.3 is 0 Å². The van der Waals surface area contributed by atoms with Crippen LogP contribution in [0.2, 0.25) is 0 Å². The summed E-state index contributed by atoms with van der Waals surface area (Å²) >= 11 is 0. The van der Waals surface area contributed by atoms with Crippen LogP contribution in [0.15, 0.2) is 11.6 Å². The summed E-state index contributed by atoms with van der Waals surface area (Å²) in [7, 11) is 0. The van der Waals surface area contributed by atoms with E-state index in [0.717, 1.165) is 25.6 Å². The van der Waals surface area contributed by atoms with Gasteiger partial charge in [-0.2, -0.15) is 0 Å². The highest BCUT2D eigenvalue weighted by molar-refractivity contribution is 5.08. The second kappa shape index (κ2) is 4.94. The van der Waals surface area contributed by atoms with Crippen LogP contribution >= 0.6 is 0 Å². The van der Waals surface area contributed by atoms with Gasteiger partial charge in [0.05, 0.1) is 0 Å². The van der Waals surface area contributed by atoms with Crippen molar-refractivity contribution < 1.29 is 4.74 Å². The molecule has 0 aromatic carbocycles. The van der Waals surface area contributed by atoms with Gasteiger partial charge in [0.15, 0.2) is 0 Å². The lowest BCUT2D eigenvalue weighted by Crippen LogP contribution is -2.23. The molecule has 0 amide bonds. The van der Waals surface area contributed by atoms with E-state index in [-0.39, 0.29) is 0 Å². The highest BCUT2D eigenvalue weighted by Gasteiger charge is 2.17. The van der Waals surface area contributed by atoms with Gasteiger partial charge < -0.3 is 10.5 Å². The van der Waals surface area contributed by atoms with Crippen LogP contribution in [-0.4, -0.2) is 19.3 Å².